The van der Waals surface area contributed by atoms with Crippen LogP contribution in [0.2, 0.25) is 0 Å². The number of aromatic nitrogens is 2. The molecule has 0 aliphatic heterocycles. The van der Waals surface area contributed by atoms with Crippen molar-refractivity contribution in [3.05, 3.63) is 46.6 Å². The fourth-order valence-electron chi connectivity index (χ4n) is 2.17. The van der Waals surface area contributed by atoms with E-state index in [9.17, 15) is 4.79 Å². The third-order valence-corrected chi connectivity index (χ3v) is 3.68. The van der Waals surface area contributed by atoms with Crippen molar-refractivity contribution in [1.29, 1.82) is 0 Å². The molecule has 3 aromatic rings. The van der Waals surface area contributed by atoms with Crippen molar-refractivity contribution >= 4 is 33.3 Å². The maximum Gasteiger partial charge on any atom is 0.273 e. The van der Waals surface area contributed by atoms with E-state index in [4.69, 9.17) is 0 Å². The van der Waals surface area contributed by atoms with Crippen LogP contribution in [0.1, 0.15) is 21.6 Å². The Hall–Kier alpha value is -2.14. The molecule has 0 atom stereocenters. The van der Waals surface area contributed by atoms with Crippen molar-refractivity contribution in [3.63, 3.8) is 0 Å². The average Bonchev–Trinajstić information content (AvgIpc) is 2.97. The Labute approximate surface area is 114 Å². The third kappa shape index (κ3) is 2.24. The van der Waals surface area contributed by atoms with E-state index in [1.54, 1.807) is 6.20 Å². The van der Waals surface area contributed by atoms with Gasteiger partial charge in [-0.1, -0.05) is 6.07 Å². The van der Waals surface area contributed by atoms with Crippen LogP contribution in [-0.4, -0.2) is 15.9 Å². The van der Waals surface area contributed by atoms with Gasteiger partial charge in [0.2, 0.25) is 0 Å². The van der Waals surface area contributed by atoms with Crippen LogP contribution in [0.3, 0.4) is 0 Å². The maximum absolute atomic E-state index is 12.1. The van der Waals surface area contributed by atoms with E-state index in [0.717, 1.165) is 10.9 Å². The molecule has 5 heteroatoms. The molecular weight excluding hydrogens is 258 g/mol. The van der Waals surface area contributed by atoms with Gasteiger partial charge in [-0.2, -0.15) is 0 Å². The molecule has 0 radical (unpaired) electrons. The zero-order valence-electron chi connectivity index (χ0n) is 10.7. The SMILES string of the molecule is Cc1cc(C)c2cc(C(=O)Nc3nccs3)[nH]c2c1. The van der Waals surface area contributed by atoms with Crippen molar-refractivity contribution in [2.45, 2.75) is 13.8 Å². The Bertz CT molecular complexity index is 743. The van der Waals surface area contributed by atoms with Gasteiger partial charge in [-0.25, -0.2) is 4.98 Å². The summed E-state index contributed by atoms with van der Waals surface area (Å²) in [6.45, 7) is 4.09. The molecule has 0 spiro atoms. The molecule has 4 nitrogen and oxygen atoms in total. The van der Waals surface area contributed by atoms with Gasteiger partial charge in [-0.15, -0.1) is 11.3 Å². The van der Waals surface area contributed by atoms with Crippen LogP contribution in [-0.2, 0) is 0 Å². The summed E-state index contributed by atoms with van der Waals surface area (Å²) >= 11 is 1.40. The summed E-state index contributed by atoms with van der Waals surface area (Å²) in [5.41, 5.74) is 3.89. The molecule has 0 aliphatic carbocycles. The number of anilines is 1. The number of amides is 1. The molecule has 0 fully saturated rings. The van der Waals surface area contributed by atoms with Gasteiger partial charge in [0.05, 0.1) is 0 Å². The molecule has 1 aromatic carbocycles. The molecule has 2 aromatic heterocycles. The lowest BCUT2D eigenvalue weighted by Crippen LogP contribution is -2.11. The lowest BCUT2D eigenvalue weighted by molar-refractivity contribution is 0.102. The number of thiazole rings is 1. The van der Waals surface area contributed by atoms with Gasteiger partial charge in [0.15, 0.2) is 5.13 Å². The second kappa shape index (κ2) is 4.51. The fourth-order valence-corrected chi connectivity index (χ4v) is 2.70. The molecular formula is C14H13N3OS. The van der Waals surface area contributed by atoms with Gasteiger partial charge in [-0.05, 0) is 37.1 Å². The quantitative estimate of drug-likeness (QED) is 0.749. The number of rotatable bonds is 2. The Morgan fingerprint density at radius 3 is 2.89 bits per heavy atom. The number of H-pyrrole nitrogens is 1. The van der Waals surface area contributed by atoms with Gasteiger partial charge in [0, 0.05) is 22.5 Å². The first-order valence-corrected chi connectivity index (χ1v) is 6.82. The molecule has 19 heavy (non-hydrogen) atoms. The van der Waals surface area contributed by atoms with E-state index in [2.05, 4.69) is 21.4 Å². The lowest BCUT2D eigenvalue weighted by atomic mass is 10.1. The number of fused-ring (bicyclic) bond motifs is 1. The number of aromatic amines is 1. The summed E-state index contributed by atoms with van der Waals surface area (Å²) in [5, 5.41) is 6.28. The summed E-state index contributed by atoms with van der Waals surface area (Å²) < 4.78 is 0. The second-order valence-corrected chi connectivity index (χ2v) is 5.41. The first-order valence-electron chi connectivity index (χ1n) is 5.94. The first kappa shape index (κ1) is 11.9. The number of carbonyl (C=O) groups is 1. The molecule has 0 saturated carbocycles. The molecule has 1 amide bonds. The van der Waals surface area contributed by atoms with E-state index in [1.165, 1.54) is 22.5 Å². The van der Waals surface area contributed by atoms with Crippen LogP contribution in [0, 0.1) is 13.8 Å². The van der Waals surface area contributed by atoms with Gasteiger partial charge in [-0.3, -0.25) is 10.1 Å². The highest BCUT2D eigenvalue weighted by molar-refractivity contribution is 7.13. The zero-order chi connectivity index (χ0) is 13.4. The number of benzene rings is 1. The summed E-state index contributed by atoms with van der Waals surface area (Å²) in [5.74, 6) is -0.164. The molecule has 0 bridgehead atoms. The Kier molecular flexibility index (Phi) is 2.83. The summed E-state index contributed by atoms with van der Waals surface area (Å²) in [6, 6.07) is 6.04. The van der Waals surface area contributed by atoms with Crippen LogP contribution in [0.4, 0.5) is 5.13 Å². The molecule has 2 N–H and O–H groups in total. The van der Waals surface area contributed by atoms with E-state index in [-0.39, 0.29) is 5.91 Å². The number of nitrogens with one attached hydrogen (secondary N) is 2. The number of nitrogens with zero attached hydrogens (tertiary/aromatic N) is 1. The third-order valence-electron chi connectivity index (χ3n) is 2.99. The predicted molar refractivity (Wildman–Crippen MR) is 77.8 cm³/mol. The fraction of sp³-hybridized carbons (Fsp3) is 0.143. The highest BCUT2D eigenvalue weighted by Crippen LogP contribution is 2.22. The van der Waals surface area contributed by atoms with Crippen molar-refractivity contribution in [3.8, 4) is 0 Å². The van der Waals surface area contributed by atoms with Gasteiger partial charge >= 0.3 is 0 Å². The van der Waals surface area contributed by atoms with Gasteiger partial charge in [0.1, 0.15) is 5.69 Å². The van der Waals surface area contributed by atoms with Crippen LogP contribution in [0.15, 0.2) is 29.8 Å². The topological polar surface area (TPSA) is 57.8 Å². The van der Waals surface area contributed by atoms with Crippen LogP contribution < -0.4 is 5.32 Å². The largest absolute Gasteiger partial charge is 0.351 e. The van der Waals surface area contributed by atoms with Crippen molar-refractivity contribution < 1.29 is 4.79 Å². The highest BCUT2D eigenvalue weighted by Gasteiger charge is 2.12. The van der Waals surface area contributed by atoms with E-state index < -0.39 is 0 Å². The van der Waals surface area contributed by atoms with Crippen molar-refractivity contribution in [2.24, 2.45) is 0 Å². The Morgan fingerprint density at radius 1 is 1.32 bits per heavy atom. The molecule has 3 rings (SSSR count). The van der Waals surface area contributed by atoms with Crippen LogP contribution in [0.5, 0.6) is 0 Å². The average molecular weight is 271 g/mol. The number of hydrogen-bond donors (Lipinski definition) is 2. The molecule has 0 aliphatic rings. The standard InChI is InChI=1S/C14H13N3OS/c1-8-5-9(2)10-7-12(16-11(10)6-8)13(18)17-14-15-3-4-19-14/h3-7,16H,1-2H3,(H,15,17,18). The van der Waals surface area contributed by atoms with E-state index in [0.29, 0.717) is 10.8 Å². The Balaban J connectivity index is 1.97. The van der Waals surface area contributed by atoms with Gasteiger partial charge < -0.3 is 4.98 Å². The van der Waals surface area contributed by atoms with Crippen molar-refractivity contribution in [2.75, 3.05) is 5.32 Å². The van der Waals surface area contributed by atoms with E-state index >= 15 is 0 Å². The smallest absolute Gasteiger partial charge is 0.273 e. The van der Waals surface area contributed by atoms with Crippen LogP contribution >= 0.6 is 11.3 Å². The highest BCUT2D eigenvalue weighted by atomic mass is 32.1. The Morgan fingerprint density at radius 2 is 2.16 bits per heavy atom. The minimum absolute atomic E-state index is 0.164. The zero-order valence-corrected chi connectivity index (χ0v) is 11.5. The summed E-state index contributed by atoms with van der Waals surface area (Å²) in [4.78, 5) is 19.3. The van der Waals surface area contributed by atoms with Crippen molar-refractivity contribution in [1.82, 2.24) is 9.97 Å². The minimum atomic E-state index is -0.164. The lowest BCUT2D eigenvalue weighted by Gasteiger charge is -1.97. The first-order chi connectivity index (χ1) is 9.13. The minimum Gasteiger partial charge on any atom is -0.351 e. The number of carbonyl (C=O) groups excluding carboxylic acids is 1. The summed E-state index contributed by atoms with van der Waals surface area (Å²) in [7, 11) is 0. The molecule has 96 valence electrons. The van der Waals surface area contributed by atoms with Gasteiger partial charge in [0.25, 0.3) is 5.91 Å². The number of aryl methyl sites for hydroxylation is 2. The van der Waals surface area contributed by atoms with Crippen LogP contribution in [0.25, 0.3) is 10.9 Å². The number of hydrogen-bond acceptors (Lipinski definition) is 3. The molecule has 2 heterocycles. The maximum atomic E-state index is 12.1. The molecule has 0 unspecified atom stereocenters. The second-order valence-electron chi connectivity index (χ2n) is 4.52. The summed E-state index contributed by atoms with van der Waals surface area (Å²) in [6.07, 6.45) is 1.67. The van der Waals surface area contributed by atoms with E-state index in [1.807, 2.05) is 31.4 Å². The molecule has 0 saturated heterocycles. The predicted octanol–water partition coefficient (Wildman–Crippen LogP) is 3.49. The monoisotopic (exact) mass is 271 g/mol. The normalized spacial score (nSPS) is 10.8.